The second-order valence-corrected chi connectivity index (χ2v) is 5.78. The molecule has 2 aromatic rings. The number of rotatable bonds is 2. The van der Waals surface area contributed by atoms with Crippen molar-refractivity contribution in [3.63, 3.8) is 0 Å². The van der Waals surface area contributed by atoms with Gasteiger partial charge in [0.25, 0.3) is 0 Å². The molecule has 3 nitrogen and oxygen atoms in total. The van der Waals surface area contributed by atoms with E-state index in [1.54, 1.807) is 0 Å². The fraction of sp³-hybridized carbons (Fsp3) is 0.444. The van der Waals surface area contributed by atoms with Crippen LogP contribution in [0, 0.1) is 13.8 Å². The van der Waals surface area contributed by atoms with Crippen LogP contribution in [0.15, 0.2) is 24.3 Å². The van der Waals surface area contributed by atoms with Gasteiger partial charge in [0, 0.05) is 16.8 Å². The molecule has 0 bridgehead atoms. The summed E-state index contributed by atoms with van der Waals surface area (Å²) in [6, 6.07) is 8.58. The predicted octanol–water partition coefficient (Wildman–Crippen LogP) is 4.42. The van der Waals surface area contributed by atoms with Gasteiger partial charge in [0.1, 0.15) is 5.82 Å². The Morgan fingerprint density at radius 1 is 1.00 bits per heavy atom. The molecule has 1 fully saturated rings. The number of aryl methyl sites for hydroxylation is 1. The Kier molecular flexibility index (Phi) is 4.31. The van der Waals surface area contributed by atoms with Crippen molar-refractivity contribution in [1.82, 2.24) is 9.97 Å². The normalized spacial score (nSPS) is 15.1. The molecule has 1 saturated carbocycles. The number of aromatic nitrogens is 2. The largest absolute Gasteiger partial charge is 0.383 e. The van der Waals surface area contributed by atoms with Crippen LogP contribution < -0.4 is 5.73 Å². The third-order valence-corrected chi connectivity index (χ3v) is 4.27. The topological polar surface area (TPSA) is 51.8 Å². The summed E-state index contributed by atoms with van der Waals surface area (Å²) in [5.74, 6) is 1.29. The molecular formula is C18H25N3. The molecule has 0 spiro atoms. The first kappa shape index (κ1) is 15.5. The summed E-state index contributed by atoms with van der Waals surface area (Å²) in [5.41, 5.74) is 10.7. The minimum atomic E-state index is 0.404. The molecule has 0 atom stereocenters. The van der Waals surface area contributed by atoms with Crippen molar-refractivity contribution in [2.24, 2.45) is 0 Å². The first-order chi connectivity index (χ1) is 9.99. The van der Waals surface area contributed by atoms with Crippen molar-refractivity contribution in [3.8, 4) is 11.4 Å². The highest BCUT2D eigenvalue weighted by atomic mass is 15.0. The molecular weight excluding hydrogens is 258 g/mol. The van der Waals surface area contributed by atoms with Gasteiger partial charge in [-0.25, -0.2) is 9.97 Å². The Morgan fingerprint density at radius 3 is 2.05 bits per heavy atom. The smallest absolute Gasteiger partial charge is 0.161 e. The number of anilines is 1. The Labute approximate surface area is 127 Å². The molecule has 1 heterocycles. The molecule has 0 amide bonds. The van der Waals surface area contributed by atoms with E-state index in [1.165, 1.54) is 18.4 Å². The van der Waals surface area contributed by atoms with Crippen LogP contribution in [0.3, 0.4) is 0 Å². The molecule has 0 radical (unpaired) electrons. The van der Waals surface area contributed by atoms with Crippen molar-refractivity contribution in [2.45, 2.75) is 52.9 Å². The summed E-state index contributed by atoms with van der Waals surface area (Å²) in [6.45, 7) is 10.2. The number of nitrogens with two attached hydrogens (primary N) is 1. The van der Waals surface area contributed by atoms with Gasteiger partial charge in [0.2, 0.25) is 0 Å². The molecule has 0 unspecified atom stereocenters. The Hall–Kier alpha value is -1.90. The first-order valence-corrected chi connectivity index (χ1v) is 7.71. The van der Waals surface area contributed by atoms with E-state index in [-0.39, 0.29) is 0 Å². The van der Waals surface area contributed by atoms with E-state index in [1.807, 2.05) is 27.7 Å². The van der Waals surface area contributed by atoms with E-state index in [0.29, 0.717) is 17.1 Å². The van der Waals surface area contributed by atoms with E-state index < -0.39 is 0 Å². The van der Waals surface area contributed by atoms with Crippen molar-refractivity contribution < 1.29 is 0 Å². The number of hydrogen-bond acceptors (Lipinski definition) is 3. The summed E-state index contributed by atoms with van der Waals surface area (Å²) in [5, 5.41) is 0. The first-order valence-electron chi connectivity index (χ1n) is 7.71. The monoisotopic (exact) mass is 283 g/mol. The van der Waals surface area contributed by atoms with E-state index in [0.717, 1.165) is 16.8 Å². The molecule has 1 aliphatic rings. The second kappa shape index (κ2) is 5.84. The molecule has 1 aromatic carbocycles. The highest BCUT2D eigenvalue weighted by molar-refractivity contribution is 5.59. The molecule has 1 aliphatic carbocycles. The standard InChI is InChI=1S/C16H19N3.C2H6/c1-10-11(2)18-15(19-14(10)17)12-4-6-13(7-5-12)16(3)8-9-16;1-2/h4-7H,8-9H2,1-3H3,(H2,17,18,19);1-2H3. The zero-order valence-corrected chi connectivity index (χ0v) is 13.7. The van der Waals surface area contributed by atoms with Crippen molar-refractivity contribution in [1.29, 1.82) is 0 Å². The predicted molar refractivity (Wildman–Crippen MR) is 89.3 cm³/mol. The van der Waals surface area contributed by atoms with Gasteiger partial charge in [-0.3, -0.25) is 0 Å². The fourth-order valence-electron chi connectivity index (χ4n) is 2.28. The molecule has 3 heteroatoms. The Morgan fingerprint density at radius 2 is 1.57 bits per heavy atom. The van der Waals surface area contributed by atoms with Crippen LogP contribution in [0.4, 0.5) is 5.82 Å². The van der Waals surface area contributed by atoms with E-state index in [9.17, 15) is 0 Å². The van der Waals surface area contributed by atoms with Gasteiger partial charge in [-0.05, 0) is 37.7 Å². The quantitative estimate of drug-likeness (QED) is 0.887. The zero-order valence-electron chi connectivity index (χ0n) is 13.7. The summed E-state index contributed by atoms with van der Waals surface area (Å²) in [4.78, 5) is 8.90. The van der Waals surface area contributed by atoms with Gasteiger partial charge in [-0.15, -0.1) is 0 Å². The minimum Gasteiger partial charge on any atom is -0.383 e. The second-order valence-electron chi connectivity index (χ2n) is 5.78. The van der Waals surface area contributed by atoms with E-state index >= 15 is 0 Å². The summed E-state index contributed by atoms with van der Waals surface area (Å²) < 4.78 is 0. The maximum Gasteiger partial charge on any atom is 0.161 e. The van der Waals surface area contributed by atoms with Crippen LogP contribution in [0.5, 0.6) is 0 Å². The molecule has 3 rings (SSSR count). The van der Waals surface area contributed by atoms with Crippen LogP contribution in [0.25, 0.3) is 11.4 Å². The lowest BCUT2D eigenvalue weighted by Gasteiger charge is -2.10. The fourth-order valence-corrected chi connectivity index (χ4v) is 2.28. The van der Waals surface area contributed by atoms with Crippen molar-refractivity contribution in [2.75, 3.05) is 5.73 Å². The minimum absolute atomic E-state index is 0.404. The zero-order chi connectivity index (χ0) is 15.6. The number of nitrogens with zero attached hydrogens (tertiary/aromatic N) is 2. The highest BCUT2D eigenvalue weighted by Crippen LogP contribution is 2.47. The molecule has 112 valence electrons. The Balaban J connectivity index is 0.000000774. The van der Waals surface area contributed by atoms with Crippen LogP contribution in [-0.4, -0.2) is 9.97 Å². The summed E-state index contributed by atoms with van der Waals surface area (Å²) in [7, 11) is 0. The van der Waals surface area contributed by atoms with Gasteiger partial charge in [-0.2, -0.15) is 0 Å². The average molecular weight is 283 g/mol. The lowest BCUT2D eigenvalue weighted by Crippen LogP contribution is -2.03. The molecule has 21 heavy (non-hydrogen) atoms. The molecule has 0 saturated heterocycles. The van der Waals surface area contributed by atoms with Gasteiger partial charge >= 0.3 is 0 Å². The third-order valence-electron chi connectivity index (χ3n) is 4.27. The van der Waals surface area contributed by atoms with Crippen LogP contribution in [0.1, 0.15) is 50.4 Å². The van der Waals surface area contributed by atoms with Gasteiger partial charge < -0.3 is 5.73 Å². The summed E-state index contributed by atoms with van der Waals surface area (Å²) in [6.07, 6.45) is 2.58. The summed E-state index contributed by atoms with van der Waals surface area (Å²) >= 11 is 0. The van der Waals surface area contributed by atoms with E-state index in [2.05, 4.69) is 41.2 Å². The third kappa shape index (κ3) is 3.07. The Bertz CT molecular complexity index is 602. The molecule has 2 N–H and O–H groups in total. The van der Waals surface area contributed by atoms with Crippen LogP contribution in [-0.2, 0) is 5.41 Å². The average Bonchev–Trinajstić information content (AvgIpc) is 3.26. The van der Waals surface area contributed by atoms with Gasteiger partial charge in [0.05, 0.1) is 0 Å². The number of nitrogen functional groups attached to an aromatic ring is 1. The van der Waals surface area contributed by atoms with Crippen molar-refractivity contribution >= 4 is 5.82 Å². The van der Waals surface area contributed by atoms with Gasteiger partial charge in [0.15, 0.2) is 5.82 Å². The van der Waals surface area contributed by atoms with Crippen LogP contribution in [0.2, 0.25) is 0 Å². The lowest BCUT2D eigenvalue weighted by atomic mass is 9.97. The maximum atomic E-state index is 5.92. The van der Waals surface area contributed by atoms with E-state index in [4.69, 9.17) is 5.73 Å². The lowest BCUT2D eigenvalue weighted by molar-refractivity contribution is 0.788. The molecule has 0 aliphatic heterocycles. The highest BCUT2D eigenvalue weighted by Gasteiger charge is 2.38. The molecule has 1 aromatic heterocycles. The van der Waals surface area contributed by atoms with Gasteiger partial charge in [-0.1, -0.05) is 45.0 Å². The SMILES string of the molecule is CC.Cc1nc(-c2ccc(C3(C)CC3)cc2)nc(N)c1C. The number of hydrogen-bond donors (Lipinski definition) is 1. The van der Waals surface area contributed by atoms with Crippen LogP contribution >= 0.6 is 0 Å². The maximum absolute atomic E-state index is 5.92. The van der Waals surface area contributed by atoms with Crippen molar-refractivity contribution in [3.05, 3.63) is 41.1 Å². The number of benzene rings is 1.